The van der Waals surface area contributed by atoms with Gasteiger partial charge in [-0.25, -0.2) is 0 Å². The number of rotatable bonds is 5. The molecule has 0 heterocycles. The van der Waals surface area contributed by atoms with Crippen LogP contribution in [-0.4, -0.2) is 13.2 Å². The largest absolute Gasteiger partial charge is 0.494 e. The highest BCUT2D eigenvalue weighted by Crippen LogP contribution is 2.22. The molecular formula is C11H16ClNO. The minimum absolute atomic E-state index is 0.620. The third-order valence-electron chi connectivity index (χ3n) is 1.91. The van der Waals surface area contributed by atoms with Crippen LogP contribution in [-0.2, 0) is 6.42 Å². The third kappa shape index (κ3) is 3.20. The van der Waals surface area contributed by atoms with Crippen LogP contribution < -0.4 is 10.5 Å². The first-order valence-electron chi connectivity index (χ1n) is 4.89. The molecule has 0 bridgehead atoms. The second kappa shape index (κ2) is 5.89. The van der Waals surface area contributed by atoms with E-state index in [1.54, 1.807) is 0 Å². The van der Waals surface area contributed by atoms with Crippen LogP contribution in [0, 0.1) is 0 Å². The summed E-state index contributed by atoms with van der Waals surface area (Å²) in [6.07, 6.45) is 1.81. The molecule has 0 fully saturated rings. The Kier molecular flexibility index (Phi) is 4.77. The summed E-state index contributed by atoms with van der Waals surface area (Å²) in [5, 5.41) is 0.740. The standard InChI is InChI=1S/C11H16ClNO/c1-2-7-14-10-4-3-9(5-6-13)11(12)8-10/h3-4,8H,2,5-7,13H2,1H3. The molecule has 14 heavy (non-hydrogen) atoms. The molecule has 0 unspecified atom stereocenters. The van der Waals surface area contributed by atoms with Crippen molar-refractivity contribution in [3.8, 4) is 5.75 Å². The smallest absolute Gasteiger partial charge is 0.120 e. The van der Waals surface area contributed by atoms with Crippen LogP contribution in [0.1, 0.15) is 18.9 Å². The summed E-state index contributed by atoms with van der Waals surface area (Å²) in [4.78, 5) is 0. The van der Waals surface area contributed by atoms with Gasteiger partial charge in [0.15, 0.2) is 0 Å². The molecule has 0 saturated carbocycles. The van der Waals surface area contributed by atoms with E-state index in [4.69, 9.17) is 22.1 Å². The molecule has 0 amide bonds. The zero-order chi connectivity index (χ0) is 10.4. The topological polar surface area (TPSA) is 35.2 Å². The fraction of sp³-hybridized carbons (Fsp3) is 0.455. The second-order valence-corrected chi connectivity index (χ2v) is 3.55. The fourth-order valence-electron chi connectivity index (χ4n) is 1.20. The Bertz CT molecular complexity index is 289. The molecule has 1 aromatic carbocycles. The van der Waals surface area contributed by atoms with Gasteiger partial charge in [-0.1, -0.05) is 24.6 Å². The molecule has 0 aromatic heterocycles. The van der Waals surface area contributed by atoms with E-state index in [9.17, 15) is 0 Å². The van der Waals surface area contributed by atoms with Gasteiger partial charge < -0.3 is 10.5 Å². The monoisotopic (exact) mass is 213 g/mol. The van der Waals surface area contributed by atoms with E-state index < -0.39 is 0 Å². The highest BCUT2D eigenvalue weighted by Gasteiger charge is 2.01. The number of halogens is 1. The van der Waals surface area contributed by atoms with Gasteiger partial charge in [0.05, 0.1) is 6.61 Å². The van der Waals surface area contributed by atoms with Crippen LogP contribution in [0.2, 0.25) is 5.02 Å². The van der Waals surface area contributed by atoms with Gasteiger partial charge in [-0.3, -0.25) is 0 Å². The Morgan fingerprint density at radius 3 is 2.79 bits per heavy atom. The van der Waals surface area contributed by atoms with Gasteiger partial charge in [0.1, 0.15) is 5.75 Å². The molecule has 0 atom stereocenters. The lowest BCUT2D eigenvalue weighted by Crippen LogP contribution is -2.03. The molecule has 0 saturated heterocycles. The van der Waals surface area contributed by atoms with Gasteiger partial charge in [-0.15, -0.1) is 0 Å². The predicted octanol–water partition coefficient (Wildman–Crippen LogP) is 2.63. The zero-order valence-electron chi connectivity index (χ0n) is 8.42. The summed E-state index contributed by atoms with van der Waals surface area (Å²) in [5.74, 6) is 0.831. The SMILES string of the molecule is CCCOc1ccc(CCN)c(Cl)c1. The number of hydrogen-bond donors (Lipinski definition) is 1. The quantitative estimate of drug-likeness (QED) is 0.816. The maximum Gasteiger partial charge on any atom is 0.120 e. The summed E-state index contributed by atoms with van der Waals surface area (Å²) < 4.78 is 5.45. The molecule has 3 heteroatoms. The first-order valence-corrected chi connectivity index (χ1v) is 5.27. The molecule has 1 rings (SSSR count). The van der Waals surface area contributed by atoms with E-state index in [1.165, 1.54) is 0 Å². The van der Waals surface area contributed by atoms with Crippen molar-refractivity contribution in [2.24, 2.45) is 5.73 Å². The van der Waals surface area contributed by atoms with Crippen LogP contribution in [0.5, 0.6) is 5.75 Å². The molecular weight excluding hydrogens is 198 g/mol. The van der Waals surface area contributed by atoms with Crippen molar-refractivity contribution < 1.29 is 4.74 Å². The summed E-state index contributed by atoms with van der Waals surface area (Å²) in [6, 6.07) is 5.76. The van der Waals surface area contributed by atoms with Crippen molar-refractivity contribution in [1.29, 1.82) is 0 Å². The van der Waals surface area contributed by atoms with Crippen molar-refractivity contribution in [2.45, 2.75) is 19.8 Å². The summed E-state index contributed by atoms with van der Waals surface area (Å²) in [5.41, 5.74) is 6.54. The zero-order valence-corrected chi connectivity index (χ0v) is 9.18. The third-order valence-corrected chi connectivity index (χ3v) is 2.26. The number of ether oxygens (including phenoxy) is 1. The lowest BCUT2D eigenvalue weighted by Gasteiger charge is -2.07. The van der Waals surface area contributed by atoms with Gasteiger partial charge in [0, 0.05) is 5.02 Å². The van der Waals surface area contributed by atoms with Crippen molar-refractivity contribution in [3.63, 3.8) is 0 Å². The second-order valence-electron chi connectivity index (χ2n) is 3.14. The normalized spacial score (nSPS) is 10.2. The van der Waals surface area contributed by atoms with Gasteiger partial charge in [-0.2, -0.15) is 0 Å². The molecule has 0 spiro atoms. The summed E-state index contributed by atoms with van der Waals surface area (Å²) in [6.45, 7) is 3.42. The predicted molar refractivity (Wildman–Crippen MR) is 60.0 cm³/mol. The van der Waals surface area contributed by atoms with Gasteiger partial charge in [0.25, 0.3) is 0 Å². The van der Waals surface area contributed by atoms with Gasteiger partial charge in [0.2, 0.25) is 0 Å². The van der Waals surface area contributed by atoms with E-state index in [1.807, 2.05) is 18.2 Å². The van der Waals surface area contributed by atoms with E-state index in [2.05, 4.69) is 6.92 Å². The van der Waals surface area contributed by atoms with Crippen LogP contribution in [0.3, 0.4) is 0 Å². The first-order chi connectivity index (χ1) is 6.77. The van der Waals surface area contributed by atoms with E-state index in [-0.39, 0.29) is 0 Å². The van der Waals surface area contributed by atoms with Crippen LogP contribution in [0.4, 0.5) is 0 Å². The average molecular weight is 214 g/mol. The maximum atomic E-state index is 6.05. The van der Waals surface area contributed by atoms with Gasteiger partial charge >= 0.3 is 0 Å². The van der Waals surface area contributed by atoms with Crippen molar-refractivity contribution in [1.82, 2.24) is 0 Å². The Hall–Kier alpha value is -0.730. The van der Waals surface area contributed by atoms with E-state index >= 15 is 0 Å². The van der Waals surface area contributed by atoms with Gasteiger partial charge in [-0.05, 0) is 37.1 Å². The van der Waals surface area contributed by atoms with Crippen molar-refractivity contribution in [3.05, 3.63) is 28.8 Å². The van der Waals surface area contributed by atoms with Crippen LogP contribution in [0.15, 0.2) is 18.2 Å². The molecule has 1 aromatic rings. The summed E-state index contributed by atoms with van der Waals surface area (Å²) in [7, 11) is 0. The molecule has 78 valence electrons. The molecule has 2 nitrogen and oxygen atoms in total. The maximum absolute atomic E-state index is 6.05. The van der Waals surface area contributed by atoms with E-state index in [0.29, 0.717) is 6.54 Å². The molecule has 0 aliphatic rings. The lowest BCUT2D eigenvalue weighted by molar-refractivity contribution is 0.317. The van der Waals surface area contributed by atoms with Crippen LogP contribution in [0.25, 0.3) is 0 Å². The Balaban J connectivity index is 2.68. The number of nitrogens with two attached hydrogens (primary N) is 1. The highest BCUT2D eigenvalue weighted by atomic mass is 35.5. The molecule has 0 aliphatic heterocycles. The highest BCUT2D eigenvalue weighted by molar-refractivity contribution is 6.31. The Labute approximate surface area is 90.0 Å². The van der Waals surface area contributed by atoms with Crippen molar-refractivity contribution >= 4 is 11.6 Å². The lowest BCUT2D eigenvalue weighted by atomic mass is 10.1. The first kappa shape index (κ1) is 11.3. The molecule has 0 radical (unpaired) electrons. The number of hydrogen-bond acceptors (Lipinski definition) is 2. The fourth-order valence-corrected chi connectivity index (χ4v) is 1.46. The number of benzene rings is 1. The Morgan fingerprint density at radius 1 is 1.43 bits per heavy atom. The van der Waals surface area contributed by atoms with Crippen molar-refractivity contribution in [2.75, 3.05) is 13.2 Å². The summed E-state index contributed by atoms with van der Waals surface area (Å²) >= 11 is 6.05. The Morgan fingerprint density at radius 2 is 2.21 bits per heavy atom. The van der Waals surface area contributed by atoms with E-state index in [0.717, 1.165) is 35.8 Å². The molecule has 2 N–H and O–H groups in total. The van der Waals surface area contributed by atoms with Crippen LogP contribution >= 0.6 is 11.6 Å². The minimum atomic E-state index is 0.620. The minimum Gasteiger partial charge on any atom is -0.494 e. The average Bonchev–Trinajstić information content (AvgIpc) is 2.19. The molecule has 0 aliphatic carbocycles.